The second kappa shape index (κ2) is 8.99. The van der Waals surface area contributed by atoms with Crippen molar-refractivity contribution in [1.29, 1.82) is 0 Å². The maximum Gasteiger partial charge on any atom is 0.323 e. The number of esters is 1. The molecule has 0 spiro atoms. The van der Waals surface area contributed by atoms with Gasteiger partial charge in [-0.15, -0.1) is 0 Å². The molecule has 183 valence electrons. The van der Waals surface area contributed by atoms with Crippen molar-refractivity contribution in [3.63, 3.8) is 0 Å². The lowest BCUT2D eigenvalue weighted by molar-refractivity contribution is -0.137. The standard InChI is InChI=1S/C29H35O4Si2/c1-28(2,3)22-18-19-24-25(26(22)33-34(4)5)29(35(6,7)8,21-16-12-13-17-23(21)32-24)27(30)31-20-14-10-9-11-15-20/h9-19H,1-8H3. The molecule has 0 N–H and O–H groups in total. The normalized spacial score (nSPS) is 17.3. The zero-order chi connectivity index (χ0) is 25.6. The molecule has 0 saturated heterocycles. The summed E-state index contributed by atoms with van der Waals surface area (Å²) in [7, 11) is -3.56. The molecule has 0 fully saturated rings. The van der Waals surface area contributed by atoms with Crippen molar-refractivity contribution in [2.75, 3.05) is 0 Å². The van der Waals surface area contributed by atoms with Crippen molar-refractivity contribution in [2.45, 2.75) is 64.0 Å². The van der Waals surface area contributed by atoms with E-state index in [9.17, 15) is 4.79 Å². The van der Waals surface area contributed by atoms with E-state index in [4.69, 9.17) is 13.9 Å². The highest BCUT2D eigenvalue weighted by molar-refractivity contribution is 6.83. The van der Waals surface area contributed by atoms with Gasteiger partial charge in [0.05, 0.1) is 13.6 Å². The molecule has 4 rings (SSSR count). The predicted octanol–water partition coefficient (Wildman–Crippen LogP) is 7.49. The molecule has 1 radical (unpaired) electrons. The third-order valence-electron chi connectivity index (χ3n) is 6.50. The third kappa shape index (κ3) is 4.34. The van der Waals surface area contributed by atoms with Crippen LogP contribution in [-0.2, 0) is 15.2 Å². The van der Waals surface area contributed by atoms with Crippen LogP contribution in [0, 0.1) is 0 Å². The van der Waals surface area contributed by atoms with E-state index in [1.807, 2.05) is 60.7 Å². The van der Waals surface area contributed by atoms with Gasteiger partial charge in [-0.1, -0.05) is 82.9 Å². The minimum Gasteiger partial charge on any atom is -0.542 e. The molecule has 1 aliphatic heterocycles. The zero-order valence-electron chi connectivity index (χ0n) is 22.0. The highest BCUT2D eigenvalue weighted by Crippen LogP contribution is 2.58. The van der Waals surface area contributed by atoms with E-state index in [2.05, 4.69) is 59.6 Å². The molecule has 4 nitrogen and oxygen atoms in total. The Bertz CT molecular complexity index is 1240. The van der Waals surface area contributed by atoms with Crippen molar-refractivity contribution in [3.8, 4) is 23.0 Å². The van der Waals surface area contributed by atoms with E-state index in [0.717, 1.165) is 22.4 Å². The van der Waals surface area contributed by atoms with Crippen molar-refractivity contribution in [3.05, 3.63) is 83.4 Å². The summed E-state index contributed by atoms with van der Waals surface area (Å²) in [6, 6.07) is 21.3. The number of ether oxygens (including phenoxy) is 2. The Morgan fingerprint density at radius 1 is 0.886 bits per heavy atom. The first-order valence-electron chi connectivity index (χ1n) is 12.1. The highest BCUT2D eigenvalue weighted by atomic mass is 28.3. The quantitative estimate of drug-likeness (QED) is 0.206. The fraction of sp³-hybridized carbons (Fsp3) is 0.345. The molecule has 3 aromatic carbocycles. The van der Waals surface area contributed by atoms with Crippen molar-refractivity contribution < 1.29 is 18.7 Å². The van der Waals surface area contributed by atoms with Gasteiger partial charge < -0.3 is 13.9 Å². The first-order chi connectivity index (χ1) is 16.4. The average molecular weight is 504 g/mol. The van der Waals surface area contributed by atoms with Gasteiger partial charge in [-0.25, -0.2) is 0 Å². The fourth-order valence-corrected chi connectivity index (χ4v) is 8.28. The number of carbonyl (C=O) groups is 1. The highest BCUT2D eigenvalue weighted by Gasteiger charge is 2.60. The van der Waals surface area contributed by atoms with Crippen LogP contribution in [-0.4, -0.2) is 23.1 Å². The number of hydrogen-bond acceptors (Lipinski definition) is 4. The Balaban J connectivity index is 2.12. The summed E-state index contributed by atoms with van der Waals surface area (Å²) in [5, 5.41) is -1.03. The van der Waals surface area contributed by atoms with Crippen LogP contribution in [0.1, 0.15) is 37.5 Å². The number of para-hydroxylation sites is 2. The molecule has 0 amide bonds. The van der Waals surface area contributed by atoms with E-state index in [1.165, 1.54) is 0 Å². The molecular weight excluding hydrogens is 468 g/mol. The van der Waals surface area contributed by atoms with E-state index in [-0.39, 0.29) is 11.4 Å². The summed E-state index contributed by atoms with van der Waals surface area (Å²) in [4.78, 5) is 14.6. The Morgan fingerprint density at radius 2 is 1.51 bits per heavy atom. The van der Waals surface area contributed by atoms with Crippen molar-refractivity contribution in [1.82, 2.24) is 0 Å². The van der Waals surface area contributed by atoms with Gasteiger partial charge >= 0.3 is 5.97 Å². The van der Waals surface area contributed by atoms with E-state index < -0.39 is 22.2 Å². The maximum absolute atomic E-state index is 14.6. The second-order valence-electron chi connectivity index (χ2n) is 11.4. The van der Waals surface area contributed by atoms with Crippen LogP contribution < -0.4 is 13.9 Å². The number of fused-ring (bicyclic) bond motifs is 2. The Morgan fingerprint density at radius 3 is 2.11 bits per heavy atom. The third-order valence-corrected chi connectivity index (χ3v) is 10.1. The first kappa shape index (κ1) is 25.3. The Labute approximate surface area is 212 Å². The van der Waals surface area contributed by atoms with Crippen LogP contribution in [0.2, 0.25) is 32.7 Å². The number of hydrogen-bond donors (Lipinski definition) is 0. The molecule has 1 unspecified atom stereocenters. The molecule has 0 aliphatic carbocycles. The Hall–Kier alpha value is -2.84. The SMILES string of the molecule is C[Si](C)Oc1c(C(C)(C)C)ccc2c1C(C(=O)Oc1ccccc1)([Si](C)(C)C)c1ccccc1O2. The first-order valence-corrected chi connectivity index (χ1v) is 18.0. The fourth-order valence-electron chi connectivity index (χ4n) is 4.99. The molecule has 0 aromatic heterocycles. The van der Waals surface area contributed by atoms with Crippen LogP contribution in [0.4, 0.5) is 0 Å². The molecule has 1 atom stereocenters. The molecule has 1 aliphatic rings. The summed E-state index contributed by atoms with van der Waals surface area (Å²) < 4.78 is 19.3. The summed E-state index contributed by atoms with van der Waals surface area (Å²) in [5.74, 6) is 2.39. The number of benzene rings is 3. The lowest BCUT2D eigenvalue weighted by atomic mass is 9.79. The molecule has 0 bridgehead atoms. The molecule has 6 heteroatoms. The predicted molar refractivity (Wildman–Crippen MR) is 146 cm³/mol. The van der Waals surface area contributed by atoms with Crippen LogP contribution in [0.3, 0.4) is 0 Å². The molecule has 0 saturated carbocycles. The summed E-state index contributed by atoms with van der Waals surface area (Å²) in [5.41, 5.74) is 2.55. The van der Waals surface area contributed by atoms with Gasteiger partial charge in [0.25, 0.3) is 9.04 Å². The summed E-state index contributed by atoms with van der Waals surface area (Å²) in [6.45, 7) is 17.4. The minimum absolute atomic E-state index is 0.187. The average Bonchev–Trinajstić information content (AvgIpc) is 2.76. The van der Waals surface area contributed by atoms with Gasteiger partial charge in [0, 0.05) is 5.56 Å². The lowest BCUT2D eigenvalue weighted by Crippen LogP contribution is -2.59. The van der Waals surface area contributed by atoms with Crippen molar-refractivity contribution in [2.24, 2.45) is 0 Å². The number of carbonyl (C=O) groups excluding carboxylic acids is 1. The van der Waals surface area contributed by atoms with Crippen LogP contribution >= 0.6 is 0 Å². The zero-order valence-corrected chi connectivity index (χ0v) is 24.0. The van der Waals surface area contributed by atoms with Gasteiger partial charge in [-0.2, -0.15) is 0 Å². The Kier molecular flexibility index (Phi) is 6.49. The largest absolute Gasteiger partial charge is 0.542 e. The van der Waals surface area contributed by atoms with E-state index >= 15 is 0 Å². The minimum atomic E-state index is -2.41. The molecule has 35 heavy (non-hydrogen) atoms. The van der Waals surface area contributed by atoms with E-state index in [0.29, 0.717) is 17.2 Å². The van der Waals surface area contributed by atoms with Gasteiger partial charge in [0.1, 0.15) is 28.0 Å². The van der Waals surface area contributed by atoms with Gasteiger partial charge in [-0.3, -0.25) is 4.79 Å². The monoisotopic (exact) mass is 503 g/mol. The van der Waals surface area contributed by atoms with E-state index in [1.54, 1.807) is 0 Å². The second-order valence-corrected chi connectivity index (χ2v) is 18.6. The topological polar surface area (TPSA) is 44.8 Å². The summed E-state index contributed by atoms with van der Waals surface area (Å²) in [6.07, 6.45) is 0. The number of rotatable bonds is 5. The van der Waals surface area contributed by atoms with Crippen LogP contribution in [0.15, 0.2) is 66.7 Å². The van der Waals surface area contributed by atoms with Crippen LogP contribution in [0.5, 0.6) is 23.0 Å². The van der Waals surface area contributed by atoms with Crippen LogP contribution in [0.25, 0.3) is 0 Å². The van der Waals surface area contributed by atoms with Gasteiger partial charge in [-0.05, 0) is 48.3 Å². The molecular formula is C29H35O4Si2. The van der Waals surface area contributed by atoms with Crippen molar-refractivity contribution >= 4 is 23.1 Å². The van der Waals surface area contributed by atoms with Gasteiger partial charge in [0.15, 0.2) is 0 Å². The van der Waals surface area contributed by atoms with Gasteiger partial charge in [0.2, 0.25) is 0 Å². The maximum atomic E-state index is 14.6. The summed E-state index contributed by atoms with van der Waals surface area (Å²) >= 11 is 0. The lowest BCUT2D eigenvalue weighted by Gasteiger charge is -2.47. The molecule has 3 aromatic rings. The molecule has 1 heterocycles. The smallest absolute Gasteiger partial charge is 0.323 e.